The normalized spacial score (nSPS) is 22.6. The van der Waals surface area contributed by atoms with Gasteiger partial charge in [-0.15, -0.1) is 0 Å². The summed E-state index contributed by atoms with van der Waals surface area (Å²) in [7, 11) is 0. The molecular weight excluding hydrogens is 260 g/mol. The number of hydrogen-bond acceptors (Lipinski definition) is 3. The van der Waals surface area contributed by atoms with E-state index in [0.29, 0.717) is 11.6 Å². The zero-order chi connectivity index (χ0) is 15.5. The first-order chi connectivity index (χ1) is 10.1. The topological polar surface area (TPSA) is 33.1 Å². The van der Waals surface area contributed by atoms with E-state index in [2.05, 4.69) is 55.6 Å². The molecule has 0 radical (unpaired) electrons. The maximum absolute atomic E-state index is 4.71. The number of piperazine rings is 1. The fourth-order valence-electron chi connectivity index (χ4n) is 3.53. The summed E-state index contributed by atoms with van der Waals surface area (Å²) in [4.78, 5) is 2.69. The van der Waals surface area contributed by atoms with Gasteiger partial charge in [0.15, 0.2) is 0 Å². The molecule has 1 aromatic heterocycles. The average molecular weight is 292 g/mol. The van der Waals surface area contributed by atoms with Gasteiger partial charge in [-0.05, 0) is 39.2 Å². The summed E-state index contributed by atoms with van der Waals surface area (Å²) in [6.45, 7) is 15.5. The van der Waals surface area contributed by atoms with Gasteiger partial charge in [-0.25, -0.2) is 0 Å². The highest BCUT2D eigenvalue weighted by molar-refractivity contribution is 5.12. The number of nitrogens with one attached hydrogen (secondary N) is 1. The van der Waals surface area contributed by atoms with Crippen molar-refractivity contribution in [2.45, 2.75) is 78.6 Å². The van der Waals surface area contributed by atoms with E-state index in [0.717, 1.165) is 32.6 Å². The van der Waals surface area contributed by atoms with Crippen LogP contribution < -0.4 is 5.32 Å². The zero-order valence-corrected chi connectivity index (χ0v) is 14.4. The Kier molecular flexibility index (Phi) is 5.44. The lowest BCUT2D eigenvalue weighted by molar-refractivity contribution is 0.0257. The smallest absolute Gasteiger partial charge is 0.0625 e. The van der Waals surface area contributed by atoms with E-state index < -0.39 is 0 Å². The molecule has 2 rings (SSSR count). The van der Waals surface area contributed by atoms with Crippen LogP contribution >= 0.6 is 0 Å². The van der Waals surface area contributed by atoms with Crippen molar-refractivity contribution in [1.82, 2.24) is 20.0 Å². The Balaban J connectivity index is 2.23. The van der Waals surface area contributed by atoms with E-state index in [-0.39, 0.29) is 0 Å². The summed E-state index contributed by atoms with van der Waals surface area (Å²) in [5.41, 5.74) is 2.88. The lowest BCUT2D eigenvalue weighted by atomic mass is 9.87. The molecule has 0 aliphatic carbocycles. The summed E-state index contributed by atoms with van der Waals surface area (Å²) in [6, 6.07) is 2.87. The van der Waals surface area contributed by atoms with Crippen LogP contribution in [0.5, 0.6) is 0 Å². The van der Waals surface area contributed by atoms with Crippen molar-refractivity contribution in [3.8, 4) is 0 Å². The van der Waals surface area contributed by atoms with Crippen LogP contribution in [-0.2, 0) is 19.5 Å². The predicted octanol–water partition coefficient (Wildman–Crippen LogP) is 2.82. The molecular formula is C17H32N4. The number of nitrogens with zero attached hydrogens (tertiary/aromatic N) is 3. The van der Waals surface area contributed by atoms with Crippen molar-refractivity contribution in [1.29, 1.82) is 0 Å². The molecule has 0 spiro atoms. The Morgan fingerprint density at radius 3 is 2.57 bits per heavy atom. The lowest BCUT2D eigenvalue weighted by Gasteiger charge is -2.49. The van der Waals surface area contributed by atoms with Crippen molar-refractivity contribution in [3.05, 3.63) is 17.5 Å². The number of hydrogen-bond donors (Lipinski definition) is 1. The van der Waals surface area contributed by atoms with E-state index in [1.54, 1.807) is 0 Å². The predicted molar refractivity (Wildman–Crippen MR) is 88.5 cm³/mol. The highest BCUT2D eigenvalue weighted by atomic mass is 15.3. The molecule has 1 fully saturated rings. The Bertz CT molecular complexity index is 448. The third kappa shape index (κ3) is 3.32. The van der Waals surface area contributed by atoms with Gasteiger partial charge in [0.1, 0.15) is 0 Å². The van der Waals surface area contributed by atoms with Crippen molar-refractivity contribution in [2.24, 2.45) is 0 Å². The Labute approximate surface area is 129 Å². The maximum Gasteiger partial charge on any atom is 0.0625 e. The van der Waals surface area contributed by atoms with Gasteiger partial charge in [-0.2, -0.15) is 5.10 Å². The molecule has 0 amide bonds. The van der Waals surface area contributed by atoms with Gasteiger partial charge < -0.3 is 5.32 Å². The van der Waals surface area contributed by atoms with Gasteiger partial charge in [0, 0.05) is 37.8 Å². The van der Waals surface area contributed by atoms with Crippen LogP contribution in [0.1, 0.15) is 58.8 Å². The number of rotatable bonds is 6. The fourth-order valence-corrected chi connectivity index (χ4v) is 3.53. The van der Waals surface area contributed by atoms with E-state index in [9.17, 15) is 0 Å². The molecule has 4 heteroatoms. The summed E-state index contributed by atoms with van der Waals surface area (Å²) >= 11 is 0. The molecule has 1 saturated heterocycles. The average Bonchev–Trinajstić information content (AvgIpc) is 2.90. The molecule has 120 valence electrons. The summed E-state index contributed by atoms with van der Waals surface area (Å²) in [5.74, 6) is 0. The lowest BCUT2D eigenvalue weighted by Crippen LogP contribution is -2.63. The summed E-state index contributed by atoms with van der Waals surface area (Å²) in [5, 5.41) is 8.38. The second-order valence-corrected chi connectivity index (χ2v) is 6.39. The van der Waals surface area contributed by atoms with E-state index in [1.165, 1.54) is 24.2 Å². The number of aryl methyl sites for hydroxylation is 2. The number of aromatic nitrogens is 2. The molecule has 1 N–H and O–H groups in total. The van der Waals surface area contributed by atoms with E-state index in [1.807, 2.05) is 0 Å². The van der Waals surface area contributed by atoms with Crippen LogP contribution in [0.4, 0.5) is 0 Å². The van der Waals surface area contributed by atoms with Gasteiger partial charge in [0.25, 0.3) is 0 Å². The third-order valence-corrected chi connectivity index (χ3v) is 5.19. The maximum atomic E-state index is 4.71. The molecule has 2 heterocycles. The van der Waals surface area contributed by atoms with E-state index in [4.69, 9.17) is 5.10 Å². The SMILES string of the molecule is CCc1cc(CN2CC(C)NCC2(CC)CC)n(CC)n1. The standard InChI is InChI=1S/C17H32N4/c1-6-15-10-16(21(9-4)19-15)12-20-11-14(5)18-13-17(20,7-2)8-3/h10,14,18H,6-9,11-13H2,1-5H3. The van der Waals surface area contributed by atoms with Crippen LogP contribution in [0, 0.1) is 0 Å². The molecule has 0 bridgehead atoms. The van der Waals surface area contributed by atoms with Crippen molar-refractivity contribution < 1.29 is 0 Å². The second kappa shape index (κ2) is 6.93. The van der Waals surface area contributed by atoms with Gasteiger partial charge in [0.05, 0.1) is 11.4 Å². The Morgan fingerprint density at radius 1 is 1.29 bits per heavy atom. The first kappa shape index (κ1) is 16.5. The minimum atomic E-state index is 0.293. The molecule has 1 aliphatic rings. The Morgan fingerprint density at radius 2 is 2.00 bits per heavy atom. The van der Waals surface area contributed by atoms with Gasteiger partial charge in [-0.1, -0.05) is 20.8 Å². The van der Waals surface area contributed by atoms with Crippen molar-refractivity contribution in [3.63, 3.8) is 0 Å². The quantitative estimate of drug-likeness (QED) is 0.875. The van der Waals surface area contributed by atoms with Crippen molar-refractivity contribution >= 4 is 0 Å². The molecule has 0 aromatic carbocycles. The highest BCUT2D eigenvalue weighted by Gasteiger charge is 2.38. The monoisotopic (exact) mass is 292 g/mol. The van der Waals surface area contributed by atoms with Crippen LogP contribution in [0.3, 0.4) is 0 Å². The molecule has 0 saturated carbocycles. The molecule has 1 aliphatic heterocycles. The highest BCUT2D eigenvalue weighted by Crippen LogP contribution is 2.28. The zero-order valence-electron chi connectivity index (χ0n) is 14.4. The molecule has 1 aromatic rings. The van der Waals surface area contributed by atoms with Crippen LogP contribution in [0.25, 0.3) is 0 Å². The molecule has 4 nitrogen and oxygen atoms in total. The van der Waals surface area contributed by atoms with E-state index >= 15 is 0 Å². The van der Waals surface area contributed by atoms with Crippen LogP contribution in [0.15, 0.2) is 6.07 Å². The molecule has 21 heavy (non-hydrogen) atoms. The molecule has 1 atom stereocenters. The minimum absolute atomic E-state index is 0.293. The summed E-state index contributed by atoms with van der Waals surface area (Å²) < 4.78 is 2.18. The largest absolute Gasteiger partial charge is 0.311 e. The second-order valence-electron chi connectivity index (χ2n) is 6.39. The van der Waals surface area contributed by atoms with Crippen LogP contribution in [0.2, 0.25) is 0 Å². The summed E-state index contributed by atoms with van der Waals surface area (Å²) in [6.07, 6.45) is 3.42. The Hall–Kier alpha value is -0.870. The first-order valence-electron chi connectivity index (χ1n) is 8.62. The minimum Gasteiger partial charge on any atom is -0.311 e. The van der Waals surface area contributed by atoms with Gasteiger partial charge in [-0.3, -0.25) is 9.58 Å². The molecule has 1 unspecified atom stereocenters. The fraction of sp³-hybridized carbons (Fsp3) is 0.824. The van der Waals surface area contributed by atoms with Crippen molar-refractivity contribution in [2.75, 3.05) is 13.1 Å². The first-order valence-corrected chi connectivity index (χ1v) is 8.62. The third-order valence-electron chi connectivity index (χ3n) is 5.19. The van der Waals surface area contributed by atoms with Gasteiger partial charge in [0.2, 0.25) is 0 Å². The van der Waals surface area contributed by atoms with Gasteiger partial charge >= 0.3 is 0 Å². The van der Waals surface area contributed by atoms with Crippen LogP contribution in [-0.4, -0.2) is 39.4 Å².